The number of halogens is 1. The molecule has 0 unspecified atom stereocenters. The number of hydrogen-bond acceptors (Lipinski definition) is 5. The second kappa shape index (κ2) is 11.2. The number of anilines is 1. The monoisotopic (exact) mass is 436 g/mol. The van der Waals surface area contributed by atoms with Crippen molar-refractivity contribution in [3.8, 4) is 11.3 Å². The number of aryl methyl sites for hydroxylation is 1. The van der Waals surface area contributed by atoms with Crippen molar-refractivity contribution in [2.45, 2.75) is 32.7 Å². The van der Waals surface area contributed by atoms with Crippen molar-refractivity contribution < 1.29 is 8.81 Å². The van der Waals surface area contributed by atoms with Gasteiger partial charge < -0.3 is 14.6 Å². The van der Waals surface area contributed by atoms with Crippen LogP contribution in [0.5, 0.6) is 0 Å². The van der Waals surface area contributed by atoms with Gasteiger partial charge in [0.05, 0.1) is 6.54 Å². The first-order valence-electron chi connectivity index (χ1n) is 11.7. The first-order chi connectivity index (χ1) is 15.7. The van der Waals surface area contributed by atoms with E-state index in [0.29, 0.717) is 6.54 Å². The van der Waals surface area contributed by atoms with Crippen LogP contribution in [0, 0.1) is 5.82 Å². The molecule has 1 saturated heterocycles. The van der Waals surface area contributed by atoms with E-state index < -0.39 is 0 Å². The zero-order valence-electron chi connectivity index (χ0n) is 18.9. The van der Waals surface area contributed by atoms with E-state index in [1.807, 2.05) is 30.3 Å². The molecule has 1 aromatic heterocycles. The minimum Gasteiger partial charge on any atom is -0.444 e. The topological polar surface area (TPSA) is 44.5 Å². The third kappa shape index (κ3) is 5.96. The van der Waals surface area contributed by atoms with Gasteiger partial charge in [-0.25, -0.2) is 9.37 Å². The van der Waals surface area contributed by atoms with Crippen molar-refractivity contribution >= 4 is 5.69 Å². The maximum Gasteiger partial charge on any atom is 0.208 e. The maximum absolute atomic E-state index is 13.1. The molecule has 3 aromatic rings. The molecular weight excluding hydrogens is 403 g/mol. The molecule has 0 radical (unpaired) electrons. The number of nitrogens with zero attached hydrogens (tertiary/aromatic N) is 3. The fraction of sp³-hybridized carbons (Fsp3) is 0.423. The molecule has 1 N–H and O–H groups in total. The zero-order valence-corrected chi connectivity index (χ0v) is 18.9. The Labute approximate surface area is 190 Å². The maximum atomic E-state index is 13.1. The zero-order chi connectivity index (χ0) is 22.2. The van der Waals surface area contributed by atoms with Crippen molar-refractivity contribution in [2.24, 2.45) is 0 Å². The van der Waals surface area contributed by atoms with Crippen LogP contribution in [0.2, 0.25) is 0 Å². The van der Waals surface area contributed by atoms with Crippen LogP contribution in [0.1, 0.15) is 31.4 Å². The Morgan fingerprint density at radius 2 is 1.75 bits per heavy atom. The van der Waals surface area contributed by atoms with Crippen LogP contribution in [0.3, 0.4) is 0 Å². The Morgan fingerprint density at radius 1 is 1.00 bits per heavy atom. The number of benzene rings is 2. The summed E-state index contributed by atoms with van der Waals surface area (Å²) in [6, 6.07) is 17.1. The van der Waals surface area contributed by atoms with Gasteiger partial charge in [-0.3, -0.25) is 4.90 Å². The van der Waals surface area contributed by atoms with Crippen molar-refractivity contribution in [3.05, 3.63) is 72.1 Å². The minimum atomic E-state index is -0.178. The lowest BCUT2D eigenvalue weighted by molar-refractivity contribution is 0.253. The van der Waals surface area contributed by atoms with Crippen molar-refractivity contribution in [3.63, 3.8) is 0 Å². The van der Waals surface area contributed by atoms with Gasteiger partial charge in [0.25, 0.3) is 0 Å². The molecule has 4 rings (SSSR count). The van der Waals surface area contributed by atoms with Gasteiger partial charge in [-0.15, -0.1) is 0 Å². The lowest BCUT2D eigenvalue weighted by atomic mass is 10.1. The molecule has 2 aromatic carbocycles. The molecule has 0 atom stereocenters. The highest BCUT2D eigenvalue weighted by atomic mass is 19.1. The van der Waals surface area contributed by atoms with E-state index in [4.69, 9.17) is 9.40 Å². The molecule has 0 bridgehead atoms. The highest BCUT2D eigenvalue weighted by molar-refractivity contribution is 5.61. The summed E-state index contributed by atoms with van der Waals surface area (Å²) in [5.41, 5.74) is 3.20. The van der Waals surface area contributed by atoms with Gasteiger partial charge >= 0.3 is 0 Å². The Morgan fingerprint density at radius 3 is 2.47 bits per heavy atom. The Hall–Kier alpha value is -2.70. The molecule has 6 heteroatoms. The molecule has 0 aliphatic carbocycles. The van der Waals surface area contributed by atoms with E-state index in [1.165, 1.54) is 12.1 Å². The van der Waals surface area contributed by atoms with Gasteiger partial charge in [0.2, 0.25) is 5.89 Å². The second-order valence-corrected chi connectivity index (χ2v) is 8.33. The summed E-state index contributed by atoms with van der Waals surface area (Å²) in [5.74, 6) is 1.57. The summed E-state index contributed by atoms with van der Waals surface area (Å²) >= 11 is 0. The fourth-order valence-corrected chi connectivity index (χ4v) is 4.20. The van der Waals surface area contributed by atoms with Crippen molar-refractivity contribution in [1.82, 2.24) is 15.2 Å². The molecule has 0 amide bonds. The van der Waals surface area contributed by atoms with Gasteiger partial charge in [-0.1, -0.05) is 37.3 Å². The van der Waals surface area contributed by atoms with Crippen LogP contribution in [-0.2, 0) is 13.0 Å². The molecular formula is C26H33FN4O. The van der Waals surface area contributed by atoms with Crippen LogP contribution < -0.4 is 10.2 Å². The largest absolute Gasteiger partial charge is 0.444 e. The van der Waals surface area contributed by atoms with E-state index in [-0.39, 0.29) is 5.82 Å². The highest BCUT2D eigenvalue weighted by Crippen LogP contribution is 2.25. The number of piperazine rings is 1. The number of nitrogens with one attached hydrogen (secondary N) is 1. The summed E-state index contributed by atoms with van der Waals surface area (Å²) in [4.78, 5) is 9.59. The summed E-state index contributed by atoms with van der Waals surface area (Å²) in [5, 5.41) is 3.49. The molecule has 1 fully saturated rings. The van der Waals surface area contributed by atoms with Gasteiger partial charge in [0.1, 0.15) is 17.3 Å². The van der Waals surface area contributed by atoms with Gasteiger partial charge in [-0.2, -0.15) is 0 Å². The normalized spacial score (nSPS) is 14.8. The molecule has 0 spiro atoms. The predicted molar refractivity (Wildman–Crippen MR) is 127 cm³/mol. The highest BCUT2D eigenvalue weighted by Gasteiger charge is 2.17. The smallest absolute Gasteiger partial charge is 0.208 e. The SMILES string of the molecule is CCCc1oc(CNCCCN2CCN(c3ccc(F)cc3)CC2)nc1-c1ccccc1. The number of rotatable bonds is 10. The summed E-state index contributed by atoms with van der Waals surface area (Å²) < 4.78 is 19.2. The fourth-order valence-electron chi connectivity index (χ4n) is 4.20. The third-order valence-corrected chi connectivity index (χ3v) is 5.93. The Bertz CT molecular complexity index is 950. The van der Waals surface area contributed by atoms with Crippen LogP contribution in [-0.4, -0.2) is 49.2 Å². The summed E-state index contributed by atoms with van der Waals surface area (Å²) in [7, 11) is 0. The molecule has 1 aliphatic rings. The van der Waals surface area contributed by atoms with Crippen LogP contribution in [0.4, 0.5) is 10.1 Å². The second-order valence-electron chi connectivity index (χ2n) is 8.33. The van der Waals surface area contributed by atoms with E-state index in [1.54, 1.807) is 0 Å². The van der Waals surface area contributed by atoms with Crippen LogP contribution >= 0.6 is 0 Å². The Kier molecular flexibility index (Phi) is 7.91. The van der Waals surface area contributed by atoms with E-state index in [0.717, 1.165) is 87.1 Å². The van der Waals surface area contributed by atoms with Crippen molar-refractivity contribution in [1.29, 1.82) is 0 Å². The summed E-state index contributed by atoms with van der Waals surface area (Å²) in [6.45, 7) is 8.87. The van der Waals surface area contributed by atoms with Gasteiger partial charge in [0, 0.05) is 43.9 Å². The number of oxazole rings is 1. The predicted octanol–water partition coefficient (Wildman–Crippen LogP) is 4.74. The molecule has 32 heavy (non-hydrogen) atoms. The summed E-state index contributed by atoms with van der Waals surface area (Å²) in [6.07, 6.45) is 3.03. The quantitative estimate of drug-likeness (QED) is 0.465. The van der Waals surface area contributed by atoms with Crippen LogP contribution in [0.25, 0.3) is 11.3 Å². The van der Waals surface area contributed by atoms with E-state index >= 15 is 0 Å². The average Bonchev–Trinajstić information content (AvgIpc) is 3.23. The van der Waals surface area contributed by atoms with Crippen molar-refractivity contribution in [2.75, 3.05) is 44.2 Å². The molecule has 5 nitrogen and oxygen atoms in total. The molecule has 0 saturated carbocycles. The molecule has 170 valence electrons. The first kappa shape index (κ1) is 22.5. The first-order valence-corrected chi connectivity index (χ1v) is 11.7. The third-order valence-electron chi connectivity index (χ3n) is 5.93. The lowest BCUT2D eigenvalue weighted by Crippen LogP contribution is -2.47. The Balaban J connectivity index is 1.18. The van der Waals surface area contributed by atoms with Gasteiger partial charge in [0.15, 0.2) is 0 Å². The van der Waals surface area contributed by atoms with E-state index in [9.17, 15) is 4.39 Å². The minimum absolute atomic E-state index is 0.178. The standard InChI is InChI=1S/C26H33FN4O/c1-2-7-24-26(21-8-4-3-5-9-21)29-25(32-24)20-28-14-6-15-30-16-18-31(19-17-30)23-12-10-22(27)11-13-23/h3-5,8-13,28H,2,6-7,14-20H2,1H3. The average molecular weight is 437 g/mol. The molecule has 2 heterocycles. The van der Waals surface area contributed by atoms with E-state index in [2.05, 4.69) is 34.2 Å². The number of aromatic nitrogens is 1. The lowest BCUT2D eigenvalue weighted by Gasteiger charge is -2.36. The van der Waals surface area contributed by atoms with Crippen LogP contribution in [0.15, 0.2) is 59.0 Å². The van der Waals surface area contributed by atoms with Gasteiger partial charge in [-0.05, 0) is 50.2 Å². The molecule has 1 aliphatic heterocycles. The number of hydrogen-bond donors (Lipinski definition) is 1.